The van der Waals surface area contributed by atoms with Crippen molar-refractivity contribution in [1.82, 2.24) is 0 Å². The molecular weight excluding hydrogens is 328 g/mol. The molecule has 25 heavy (non-hydrogen) atoms. The topological polar surface area (TPSA) is 29.6 Å². The zero-order valence-electron chi connectivity index (χ0n) is 13.5. The Morgan fingerprint density at radius 1 is 0.760 bits per heavy atom. The third-order valence-corrected chi connectivity index (χ3v) is 6.44. The van der Waals surface area contributed by atoms with Crippen LogP contribution in [0.1, 0.15) is 32.8 Å². The molecular formula is C22H16O2S. The van der Waals surface area contributed by atoms with Gasteiger partial charge in [0.1, 0.15) is 6.10 Å². The summed E-state index contributed by atoms with van der Waals surface area (Å²) in [5, 5.41) is -0.0405. The number of benzene rings is 3. The highest BCUT2D eigenvalue weighted by molar-refractivity contribution is 7.99. The van der Waals surface area contributed by atoms with Crippen LogP contribution in [0.25, 0.3) is 0 Å². The SMILES string of the molecule is O=C1c2ccccc2S[C@H](c2ccccc2)[C@@]12O[C@@H]2c1ccccc1. The van der Waals surface area contributed by atoms with E-state index < -0.39 is 5.60 Å². The number of carbonyl (C=O) groups excluding carboxylic acids is 1. The smallest absolute Gasteiger partial charge is 0.200 e. The van der Waals surface area contributed by atoms with Crippen molar-refractivity contribution in [3.05, 3.63) is 102 Å². The Hall–Kier alpha value is -2.36. The third-order valence-electron chi connectivity index (χ3n) is 4.97. The first kappa shape index (κ1) is 14.9. The van der Waals surface area contributed by atoms with Gasteiger partial charge in [-0.2, -0.15) is 0 Å². The fourth-order valence-corrected chi connectivity index (χ4v) is 5.17. The average molecular weight is 344 g/mol. The Morgan fingerprint density at radius 3 is 2.08 bits per heavy atom. The molecule has 3 aromatic rings. The minimum Gasteiger partial charge on any atom is -0.351 e. The molecule has 0 unspecified atom stereocenters. The van der Waals surface area contributed by atoms with Crippen LogP contribution in [0.2, 0.25) is 0 Å². The molecule has 0 aliphatic carbocycles. The number of ketones is 1. The van der Waals surface area contributed by atoms with Gasteiger partial charge >= 0.3 is 0 Å². The molecule has 2 nitrogen and oxygen atoms in total. The molecule has 0 N–H and O–H groups in total. The Morgan fingerprint density at radius 2 is 1.36 bits per heavy atom. The largest absolute Gasteiger partial charge is 0.351 e. The van der Waals surface area contributed by atoms with Crippen LogP contribution in [0.3, 0.4) is 0 Å². The van der Waals surface area contributed by atoms with Gasteiger partial charge in [0, 0.05) is 10.5 Å². The van der Waals surface area contributed by atoms with Gasteiger partial charge in [-0.05, 0) is 17.2 Å². The quantitative estimate of drug-likeness (QED) is 0.597. The maximum atomic E-state index is 13.4. The summed E-state index contributed by atoms with van der Waals surface area (Å²) in [4.78, 5) is 14.5. The van der Waals surface area contributed by atoms with Crippen LogP contribution >= 0.6 is 11.8 Å². The normalized spacial score (nSPS) is 27.1. The van der Waals surface area contributed by atoms with Crippen molar-refractivity contribution in [1.29, 1.82) is 0 Å². The lowest BCUT2D eigenvalue weighted by Crippen LogP contribution is -2.35. The van der Waals surface area contributed by atoms with Crippen molar-refractivity contribution in [3.8, 4) is 0 Å². The van der Waals surface area contributed by atoms with E-state index in [1.54, 1.807) is 11.8 Å². The van der Waals surface area contributed by atoms with Crippen molar-refractivity contribution >= 4 is 17.5 Å². The van der Waals surface area contributed by atoms with Crippen LogP contribution in [-0.2, 0) is 4.74 Å². The van der Waals surface area contributed by atoms with Gasteiger partial charge in [-0.25, -0.2) is 0 Å². The molecule has 0 aromatic heterocycles. The molecule has 3 atom stereocenters. The standard InChI is InChI=1S/C22H16O2S/c23-19-17-13-7-8-14-18(17)25-21(16-11-5-2-6-12-16)22(19)20(24-22)15-9-3-1-4-10-15/h1-14,20-21H/t20-,21-,22-/m1/s1. The zero-order valence-corrected chi connectivity index (χ0v) is 14.3. The van der Waals surface area contributed by atoms with Gasteiger partial charge in [-0.3, -0.25) is 4.79 Å². The summed E-state index contributed by atoms with van der Waals surface area (Å²) in [5.74, 6) is 0.101. The number of carbonyl (C=O) groups is 1. The second-order valence-corrected chi connectivity index (χ2v) is 7.58. The average Bonchev–Trinajstić information content (AvgIpc) is 3.43. The lowest BCUT2D eigenvalue weighted by molar-refractivity contribution is 0.0861. The molecule has 1 fully saturated rings. The number of Topliss-reactive ketones (excluding diaryl/α,β-unsaturated/α-hetero) is 1. The lowest BCUT2D eigenvalue weighted by atomic mass is 9.85. The van der Waals surface area contributed by atoms with Crippen LogP contribution in [0.15, 0.2) is 89.8 Å². The number of ether oxygens (including phenoxy) is 1. The van der Waals surface area contributed by atoms with Crippen molar-refractivity contribution < 1.29 is 9.53 Å². The van der Waals surface area contributed by atoms with Gasteiger partial charge in [0.25, 0.3) is 0 Å². The second kappa shape index (κ2) is 5.58. The Labute approximate surface area is 150 Å². The molecule has 2 aliphatic rings. The number of hydrogen-bond acceptors (Lipinski definition) is 3. The van der Waals surface area contributed by atoms with Crippen LogP contribution in [0.4, 0.5) is 0 Å². The number of hydrogen-bond donors (Lipinski definition) is 0. The van der Waals surface area contributed by atoms with Crippen molar-refractivity contribution in [2.75, 3.05) is 0 Å². The summed E-state index contributed by atoms with van der Waals surface area (Å²) in [7, 11) is 0. The second-order valence-electron chi connectivity index (χ2n) is 6.44. The minimum absolute atomic E-state index is 0.0405. The van der Waals surface area contributed by atoms with Crippen LogP contribution in [-0.4, -0.2) is 11.4 Å². The van der Waals surface area contributed by atoms with Gasteiger partial charge in [-0.1, -0.05) is 78.9 Å². The molecule has 1 saturated heterocycles. The van der Waals surface area contributed by atoms with Gasteiger partial charge < -0.3 is 4.74 Å². The Kier molecular flexibility index (Phi) is 3.34. The van der Waals surface area contributed by atoms with Crippen LogP contribution in [0.5, 0.6) is 0 Å². The first-order valence-electron chi connectivity index (χ1n) is 8.39. The zero-order chi connectivity index (χ0) is 16.9. The maximum absolute atomic E-state index is 13.4. The fraction of sp³-hybridized carbons (Fsp3) is 0.136. The summed E-state index contributed by atoms with van der Waals surface area (Å²) < 4.78 is 6.20. The van der Waals surface area contributed by atoms with Crippen LogP contribution < -0.4 is 0 Å². The van der Waals surface area contributed by atoms with E-state index >= 15 is 0 Å². The Bertz CT molecular complexity index is 939. The molecule has 0 bridgehead atoms. The highest BCUT2D eigenvalue weighted by Gasteiger charge is 2.69. The monoisotopic (exact) mass is 344 g/mol. The molecule has 3 aromatic carbocycles. The number of fused-ring (bicyclic) bond motifs is 1. The van der Waals surface area contributed by atoms with Crippen LogP contribution in [0, 0.1) is 0 Å². The van der Waals surface area contributed by atoms with E-state index in [9.17, 15) is 4.79 Å². The van der Waals surface area contributed by atoms with E-state index in [0.29, 0.717) is 0 Å². The highest BCUT2D eigenvalue weighted by atomic mass is 32.2. The maximum Gasteiger partial charge on any atom is 0.200 e. The molecule has 3 heteroatoms. The lowest BCUT2D eigenvalue weighted by Gasteiger charge is -2.30. The first-order chi connectivity index (χ1) is 12.3. The number of thioether (sulfide) groups is 1. The molecule has 0 amide bonds. The molecule has 0 radical (unpaired) electrons. The van der Waals surface area contributed by atoms with Crippen molar-refractivity contribution in [3.63, 3.8) is 0 Å². The van der Waals surface area contributed by atoms with E-state index in [1.807, 2.05) is 72.8 Å². The van der Waals surface area contributed by atoms with E-state index in [4.69, 9.17) is 4.74 Å². The number of rotatable bonds is 2. The number of epoxide rings is 1. The molecule has 0 saturated carbocycles. The van der Waals surface area contributed by atoms with E-state index in [-0.39, 0.29) is 17.1 Å². The van der Waals surface area contributed by atoms with E-state index in [1.165, 1.54) is 0 Å². The molecule has 2 aliphatic heterocycles. The fourth-order valence-electron chi connectivity index (χ4n) is 3.72. The molecule has 2 heterocycles. The summed E-state index contributed by atoms with van der Waals surface area (Å²) in [6.45, 7) is 0. The predicted octanol–water partition coefficient (Wildman–Crippen LogP) is 5.23. The van der Waals surface area contributed by atoms with Gasteiger partial charge in [0.2, 0.25) is 0 Å². The molecule has 5 rings (SSSR count). The predicted molar refractivity (Wildman–Crippen MR) is 98.8 cm³/mol. The van der Waals surface area contributed by atoms with Crippen molar-refractivity contribution in [2.45, 2.75) is 21.9 Å². The summed E-state index contributed by atoms with van der Waals surface area (Å²) in [6, 6.07) is 28.1. The van der Waals surface area contributed by atoms with E-state index in [0.717, 1.165) is 21.6 Å². The first-order valence-corrected chi connectivity index (χ1v) is 9.27. The molecule has 122 valence electrons. The van der Waals surface area contributed by atoms with Gasteiger partial charge in [0.05, 0.1) is 5.25 Å². The third kappa shape index (κ3) is 2.20. The van der Waals surface area contributed by atoms with Gasteiger partial charge in [-0.15, -0.1) is 11.8 Å². The van der Waals surface area contributed by atoms with Crippen molar-refractivity contribution in [2.24, 2.45) is 0 Å². The summed E-state index contributed by atoms with van der Waals surface area (Å²) >= 11 is 1.74. The Balaban J connectivity index is 1.65. The van der Waals surface area contributed by atoms with Gasteiger partial charge in [0.15, 0.2) is 11.4 Å². The highest BCUT2D eigenvalue weighted by Crippen LogP contribution is 2.66. The summed E-state index contributed by atoms with van der Waals surface area (Å²) in [5.41, 5.74) is 2.17. The summed E-state index contributed by atoms with van der Waals surface area (Å²) in [6.07, 6.45) is -0.188. The minimum atomic E-state index is -0.804. The van der Waals surface area contributed by atoms with E-state index in [2.05, 4.69) is 12.1 Å². The molecule has 1 spiro atoms.